The number of benzene rings is 1. The van der Waals surface area contributed by atoms with Gasteiger partial charge in [-0.2, -0.15) is 0 Å². The lowest BCUT2D eigenvalue weighted by molar-refractivity contribution is 0.0343. The fraction of sp³-hybridized carbons (Fsp3) is 0.462. The first kappa shape index (κ1) is 12.6. The van der Waals surface area contributed by atoms with Crippen molar-refractivity contribution in [3.05, 3.63) is 27.7 Å². The molecule has 1 aromatic carbocycles. The van der Waals surface area contributed by atoms with Crippen LogP contribution in [0.4, 0.5) is 5.69 Å². The van der Waals surface area contributed by atoms with Crippen LogP contribution in [0.15, 0.2) is 16.6 Å². The molecule has 4 heteroatoms. The first-order valence-electron chi connectivity index (χ1n) is 5.90. The van der Waals surface area contributed by atoms with Crippen molar-refractivity contribution in [2.45, 2.75) is 32.4 Å². The predicted octanol–water partition coefficient (Wildman–Crippen LogP) is 3.69. The Morgan fingerprint density at radius 2 is 2.29 bits per heavy atom. The maximum atomic E-state index is 7.50. The van der Waals surface area contributed by atoms with Crippen molar-refractivity contribution in [3.8, 4) is 0 Å². The highest BCUT2D eigenvalue weighted by Gasteiger charge is 2.15. The molecule has 0 bridgehead atoms. The first-order chi connectivity index (χ1) is 8.22. The van der Waals surface area contributed by atoms with E-state index in [0.717, 1.165) is 40.7 Å². The van der Waals surface area contributed by atoms with Crippen molar-refractivity contribution in [2.24, 2.45) is 0 Å². The Labute approximate surface area is 110 Å². The van der Waals surface area contributed by atoms with E-state index in [-0.39, 0.29) is 6.23 Å². The number of hydrogen-bond donors (Lipinski definition) is 2. The van der Waals surface area contributed by atoms with E-state index in [9.17, 15) is 0 Å². The number of ether oxygens (including phenoxy) is 1. The van der Waals surface area contributed by atoms with Crippen LogP contribution in [-0.4, -0.2) is 19.0 Å². The van der Waals surface area contributed by atoms with Gasteiger partial charge in [0.15, 0.2) is 0 Å². The third-order valence-electron chi connectivity index (χ3n) is 3.01. The summed E-state index contributed by atoms with van der Waals surface area (Å²) in [6, 6.07) is 4.06. The number of halogens is 1. The van der Waals surface area contributed by atoms with Crippen molar-refractivity contribution >= 4 is 27.8 Å². The normalized spacial score (nSPS) is 20.0. The molecule has 17 heavy (non-hydrogen) atoms. The SMILES string of the molecule is Cc1ccc(NC2CCCCO2)c(C=N)c1Br. The Balaban J connectivity index is 2.19. The van der Waals surface area contributed by atoms with E-state index in [1.807, 2.05) is 19.1 Å². The molecule has 0 aliphatic carbocycles. The topological polar surface area (TPSA) is 45.1 Å². The maximum absolute atomic E-state index is 7.50. The van der Waals surface area contributed by atoms with Crippen molar-refractivity contribution in [2.75, 3.05) is 11.9 Å². The molecule has 1 saturated heterocycles. The zero-order chi connectivity index (χ0) is 12.3. The maximum Gasteiger partial charge on any atom is 0.127 e. The molecule has 0 radical (unpaired) electrons. The van der Waals surface area contributed by atoms with E-state index in [4.69, 9.17) is 10.1 Å². The average Bonchev–Trinajstić information content (AvgIpc) is 2.36. The van der Waals surface area contributed by atoms with Crippen LogP contribution in [0.5, 0.6) is 0 Å². The van der Waals surface area contributed by atoms with Crippen LogP contribution in [0, 0.1) is 12.3 Å². The summed E-state index contributed by atoms with van der Waals surface area (Å²) in [5.41, 5.74) is 2.99. The average molecular weight is 297 g/mol. The predicted molar refractivity (Wildman–Crippen MR) is 74.0 cm³/mol. The molecular weight excluding hydrogens is 280 g/mol. The minimum atomic E-state index is 0.0806. The van der Waals surface area contributed by atoms with Gasteiger partial charge in [0.2, 0.25) is 0 Å². The lowest BCUT2D eigenvalue weighted by Gasteiger charge is -2.25. The molecule has 0 aromatic heterocycles. The summed E-state index contributed by atoms with van der Waals surface area (Å²) >= 11 is 3.52. The molecule has 92 valence electrons. The molecule has 1 unspecified atom stereocenters. The van der Waals surface area contributed by atoms with Crippen molar-refractivity contribution in [1.29, 1.82) is 5.41 Å². The molecule has 1 aliphatic heterocycles. The van der Waals surface area contributed by atoms with Crippen LogP contribution >= 0.6 is 15.9 Å². The summed E-state index contributed by atoms with van der Waals surface area (Å²) in [5.74, 6) is 0. The zero-order valence-electron chi connectivity index (χ0n) is 9.92. The second kappa shape index (κ2) is 5.65. The molecule has 2 rings (SSSR count). The zero-order valence-corrected chi connectivity index (χ0v) is 11.5. The smallest absolute Gasteiger partial charge is 0.127 e. The van der Waals surface area contributed by atoms with E-state index in [1.54, 1.807) is 0 Å². The number of hydrogen-bond acceptors (Lipinski definition) is 3. The van der Waals surface area contributed by atoms with Crippen molar-refractivity contribution < 1.29 is 4.74 Å². The molecule has 0 spiro atoms. The van der Waals surface area contributed by atoms with Gasteiger partial charge in [0, 0.05) is 28.5 Å². The van der Waals surface area contributed by atoms with Crippen molar-refractivity contribution in [3.63, 3.8) is 0 Å². The van der Waals surface area contributed by atoms with Crippen LogP contribution in [-0.2, 0) is 4.74 Å². The van der Waals surface area contributed by atoms with Crippen LogP contribution in [0.2, 0.25) is 0 Å². The monoisotopic (exact) mass is 296 g/mol. The molecule has 0 amide bonds. The molecule has 1 heterocycles. The quantitative estimate of drug-likeness (QED) is 0.836. The Morgan fingerprint density at radius 3 is 2.94 bits per heavy atom. The highest BCUT2D eigenvalue weighted by molar-refractivity contribution is 9.10. The van der Waals surface area contributed by atoms with Gasteiger partial charge in [0.1, 0.15) is 6.23 Å². The van der Waals surface area contributed by atoms with Crippen molar-refractivity contribution in [1.82, 2.24) is 0 Å². The van der Waals surface area contributed by atoms with Gasteiger partial charge in [-0.25, -0.2) is 0 Å². The first-order valence-corrected chi connectivity index (χ1v) is 6.69. The highest BCUT2D eigenvalue weighted by Crippen LogP contribution is 2.28. The van der Waals surface area contributed by atoms with E-state index >= 15 is 0 Å². The Morgan fingerprint density at radius 1 is 1.47 bits per heavy atom. The van der Waals surface area contributed by atoms with Gasteiger partial charge in [0.25, 0.3) is 0 Å². The third-order valence-corrected chi connectivity index (χ3v) is 4.07. The minimum absolute atomic E-state index is 0.0806. The summed E-state index contributed by atoms with van der Waals surface area (Å²) in [6.07, 6.45) is 4.83. The molecule has 2 N–H and O–H groups in total. The highest BCUT2D eigenvalue weighted by atomic mass is 79.9. The van der Waals surface area contributed by atoms with Crippen LogP contribution in [0.25, 0.3) is 0 Å². The number of rotatable bonds is 3. The van der Waals surface area contributed by atoms with Gasteiger partial charge in [-0.15, -0.1) is 0 Å². The van der Waals surface area contributed by atoms with E-state index in [2.05, 4.69) is 21.2 Å². The minimum Gasteiger partial charge on any atom is -0.360 e. The van der Waals surface area contributed by atoms with Crippen LogP contribution in [0.3, 0.4) is 0 Å². The Bertz CT molecular complexity index is 414. The fourth-order valence-electron chi connectivity index (χ4n) is 2.00. The molecule has 1 fully saturated rings. The summed E-state index contributed by atoms with van der Waals surface area (Å²) in [7, 11) is 0. The standard InChI is InChI=1S/C13H17BrN2O/c1-9-5-6-11(10(8-15)13(9)14)16-12-4-2-3-7-17-12/h5-6,8,12,15-16H,2-4,7H2,1H3. The number of nitrogens with one attached hydrogen (secondary N) is 2. The van der Waals surface area contributed by atoms with Gasteiger partial charge >= 0.3 is 0 Å². The molecule has 1 atom stereocenters. The Hall–Kier alpha value is -0.870. The lowest BCUT2D eigenvalue weighted by Crippen LogP contribution is -2.27. The summed E-state index contributed by atoms with van der Waals surface area (Å²) < 4.78 is 6.63. The van der Waals surface area contributed by atoms with Crippen LogP contribution in [0.1, 0.15) is 30.4 Å². The summed E-state index contributed by atoms with van der Waals surface area (Å²) in [6.45, 7) is 2.85. The number of anilines is 1. The van der Waals surface area contributed by atoms with E-state index in [1.165, 1.54) is 12.6 Å². The molecule has 3 nitrogen and oxygen atoms in total. The molecule has 1 aromatic rings. The van der Waals surface area contributed by atoms with E-state index < -0.39 is 0 Å². The second-order valence-corrected chi connectivity index (χ2v) is 5.09. The third kappa shape index (κ3) is 2.87. The number of aryl methyl sites for hydroxylation is 1. The molecule has 0 saturated carbocycles. The Kier molecular flexibility index (Phi) is 4.18. The molecular formula is C13H17BrN2O. The molecule has 1 aliphatic rings. The van der Waals surface area contributed by atoms with Gasteiger partial charge < -0.3 is 15.5 Å². The van der Waals surface area contributed by atoms with Gasteiger partial charge in [-0.3, -0.25) is 0 Å². The largest absolute Gasteiger partial charge is 0.360 e. The van der Waals surface area contributed by atoms with Crippen LogP contribution < -0.4 is 5.32 Å². The summed E-state index contributed by atoms with van der Waals surface area (Å²) in [5, 5.41) is 10.9. The van der Waals surface area contributed by atoms with Gasteiger partial charge in [-0.1, -0.05) is 6.07 Å². The summed E-state index contributed by atoms with van der Waals surface area (Å²) in [4.78, 5) is 0. The fourth-order valence-corrected chi connectivity index (χ4v) is 2.46. The second-order valence-electron chi connectivity index (χ2n) is 4.30. The lowest BCUT2D eigenvalue weighted by atomic mass is 10.1. The van der Waals surface area contributed by atoms with Gasteiger partial charge in [-0.05, 0) is 53.7 Å². The van der Waals surface area contributed by atoms with E-state index in [0.29, 0.717) is 0 Å². The van der Waals surface area contributed by atoms with Gasteiger partial charge in [0.05, 0.1) is 0 Å².